The molecule has 1 aromatic carbocycles. The van der Waals surface area contributed by atoms with E-state index in [0.717, 1.165) is 0 Å². The van der Waals surface area contributed by atoms with Crippen LogP contribution >= 0.6 is 22.6 Å². The molecule has 2 rings (SSSR count). The van der Waals surface area contributed by atoms with Crippen molar-refractivity contribution in [1.29, 1.82) is 0 Å². The topological polar surface area (TPSA) is 0 Å². The minimum absolute atomic E-state index is 0.150. The molecule has 0 saturated carbocycles. The fraction of sp³-hybridized carbons (Fsp3) is 0.167. The Labute approximate surface area is 92.5 Å². The standard InChI is InChI=1S/C12H11I/c1-12(13)8-6-10-4-2-3-5-11(10)7-9-12/h2-9H,1H3. The van der Waals surface area contributed by atoms with Crippen LogP contribution in [0.2, 0.25) is 0 Å². The molecule has 0 aliphatic heterocycles. The molecule has 0 heterocycles. The number of halogens is 1. The molecule has 1 aliphatic rings. The van der Waals surface area contributed by atoms with Crippen molar-refractivity contribution in [3.05, 3.63) is 47.5 Å². The van der Waals surface area contributed by atoms with Crippen molar-refractivity contribution in [2.45, 2.75) is 10.3 Å². The SMILES string of the molecule is CC1(I)C=Cc2ccccc2C=C1. The second-order valence-corrected chi connectivity index (χ2v) is 5.77. The molecule has 66 valence electrons. The molecular formula is C12H11I. The van der Waals surface area contributed by atoms with Gasteiger partial charge in [0.2, 0.25) is 0 Å². The van der Waals surface area contributed by atoms with Crippen LogP contribution in [0.5, 0.6) is 0 Å². The Balaban J connectivity index is 2.53. The van der Waals surface area contributed by atoms with Gasteiger partial charge in [-0.05, 0) is 18.1 Å². The molecule has 0 saturated heterocycles. The number of benzene rings is 1. The predicted octanol–water partition coefficient (Wildman–Crippen LogP) is 3.92. The van der Waals surface area contributed by atoms with Gasteiger partial charge in [0.1, 0.15) is 0 Å². The van der Waals surface area contributed by atoms with E-state index < -0.39 is 0 Å². The summed E-state index contributed by atoms with van der Waals surface area (Å²) in [6.07, 6.45) is 8.86. The first-order chi connectivity index (χ1) is 6.17. The summed E-state index contributed by atoms with van der Waals surface area (Å²) in [6, 6.07) is 8.45. The first-order valence-electron chi connectivity index (χ1n) is 4.34. The molecule has 1 heteroatoms. The smallest absolute Gasteiger partial charge is 0.0558 e. The number of rotatable bonds is 0. The van der Waals surface area contributed by atoms with E-state index in [1.807, 2.05) is 0 Å². The minimum atomic E-state index is 0.150. The molecule has 0 radical (unpaired) electrons. The lowest BCUT2D eigenvalue weighted by Crippen LogP contribution is -2.04. The van der Waals surface area contributed by atoms with E-state index in [9.17, 15) is 0 Å². The van der Waals surface area contributed by atoms with E-state index in [4.69, 9.17) is 0 Å². The summed E-state index contributed by atoms with van der Waals surface area (Å²) in [7, 11) is 0. The van der Waals surface area contributed by atoms with E-state index in [1.165, 1.54) is 11.1 Å². The van der Waals surface area contributed by atoms with E-state index >= 15 is 0 Å². The van der Waals surface area contributed by atoms with Crippen molar-refractivity contribution < 1.29 is 0 Å². The summed E-state index contributed by atoms with van der Waals surface area (Å²) in [5.41, 5.74) is 2.61. The van der Waals surface area contributed by atoms with Crippen molar-refractivity contribution in [2.75, 3.05) is 0 Å². The Morgan fingerprint density at radius 3 is 1.92 bits per heavy atom. The minimum Gasteiger partial charge on any atom is -0.0700 e. The van der Waals surface area contributed by atoms with Crippen LogP contribution in [0.3, 0.4) is 0 Å². The maximum Gasteiger partial charge on any atom is 0.0558 e. The van der Waals surface area contributed by atoms with Gasteiger partial charge in [-0.3, -0.25) is 0 Å². The third-order valence-electron chi connectivity index (χ3n) is 2.17. The van der Waals surface area contributed by atoms with Gasteiger partial charge in [-0.15, -0.1) is 0 Å². The van der Waals surface area contributed by atoms with Gasteiger partial charge in [0.15, 0.2) is 0 Å². The first kappa shape index (κ1) is 9.00. The molecule has 0 atom stereocenters. The lowest BCUT2D eigenvalue weighted by Gasteiger charge is -2.09. The lowest BCUT2D eigenvalue weighted by molar-refractivity contribution is 1.07. The lowest BCUT2D eigenvalue weighted by atomic mass is 10.1. The van der Waals surface area contributed by atoms with Crippen molar-refractivity contribution in [3.63, 3.8) is 0 Å². The summed E-state index contributed by atoms with van der Waals surface area (Å²) in [5.74, 6) is 0. The molecule has 0 N–H and O–H groups in total. The van der Waals surface area contributed by atoms with E-state index in [0.29, 0.717) is 0 Å². The van der Waals surface area contributed by atoms with Crippen molar-refractivity contribution in [2.24, 2.45) is 0 Å². The molecule has 0 bridgehead atoms. The van der Waals surface area contributed by atoms with Gasteiger partial charge in [-0.25, -0.2) is 0 Å². The number of allylic oxidation sites excluding steroid dienone is 2. The van der Waals surface area contributed by atoms with Gasteiger partial charge in [-0.2, -0.15) is 0 Å². The summed E-state index contributed by atoms with van der Waals surface area (Å²) in [5, 5.41) is 0. The second-order valence-electron chi connectivity index (χ2n) is 3.45. The van der Waals surface area contributed by atoms with Crippen LogP contribution in [0.4, 0.5) is 0 Å². The highest BCUT2D eigenvalue weighted by atomic mass is 127. The fourth-order valence-corrected chi connectivity index (χ4v) is 1.74. The maximum absolute atomic E-state index is 2.44. The fourth-order valence-electron chi connectivity index (χ4n) is 1.38. The molecular weight excluding hydrogens is 271 g/mol. The number of alkyl halides is 1. The highest BCUT2D eigenvalue weighted by Crippen LogP contribution is 2.28. The van der Waals surface area contributed by atoms with E-state index in [-0.39, 0.29) is 3.42 Å². The average Bonchev–Trinajstić information content (AvgIpc) is 2.27. The zero-order valence-corrected chi connectivity index (χ0v) is 9.65. The maximum atomic E-state index is 2.44. The monoisotopic (exact) mass is 282 g/mol. The molecule has 0 nitrogen and oxygen atoms in total. The largest absolute Gasteiger partial charge is 0.0700 e. The Morgan fingerprint density at radius 1 is 1.00 bits per heavy atom. The Kier molecular flexibility index (Phi) is 2.28. The third-order valence-corrected chi connectivity index (χ3v) is 2.89. The third kappa shape index (κ3) is 2.02. The summed E-state index contributed by atoms with van der Waals surface area (Å²) >= 11 is 2.44. The normalized spacial score (nSPS) is 18.0. The quantitative estimate of drug-likeness (QED) is 0.500. The molecule has 0 unspecified atom stereocenters. The van der Waals surface area contributed by atoms with Crippen LogP contribution in [0.1, 0.15) is 18.1 Å². The predicted molar refractivity (Wildman–Crippen MR) is 66.9 cm³/mol. The van der Waals surface area contributed by atoms with Crippen LogP contribution in [0.15, 0.2) is 36.4 Å². The first-order valence-corrected chi connectivity index (χ1v) is 5.42. The molecule has 13 heavy (non-hydrogen) atoms. The zero-order chi connectivity index (χ0) is 9.31. The second kappa shape index (κ2) is 3.29. The van der Waals surface area contributed by atoms with Crippen LogP contribution < -0.4 is 0 Å². The van der Waals surface area contributed by atoms with Crippen LogP contribution in [-0.2, 0) is 0 Å². The molecule has 1 aromatic rings. The Morgan fingerprint density at radius 2 is 1.46 bits per heavy atom. The van der Waals surface area contributed by atoms with Gasteiger partial charge < -0.3 is 0 Å². The van der Waals surface area contributed by atoms with Crippen LogP contribution in [0, 0.1) is 0 Å². The number of hydrogen-bond acceptors (Lipinski definition) is 0. The highest BCUT2D eigenvalue weighted by molar-refractivity contribution is 14.1. The zero-order valence-electron chi connectivity index (χ0n) is 7.50. The molecule has 0 aromatic heterocycles. The van der Waals surface area contributed by atoms with Crippen LogP contribution in [0.25, 0.3) is 12.2 Å². The van der Waals surface area contributed by atoms with Gasteiger partial charge in [0.25, 0.3) is 0 Å². The van der Waals surface area contributed by atoms with Crippen molar-refractivity contribution in [1.82, 2.24) is 0 Å². The van der Waals surface area contributed by atoms with Crippen LogP contribution in [-0.4, -0.2) is 3.42 Å². The van der Waals surface area contributed by atoms with Crippen molar-refractivity contribution >= 4 is 34.7 Å². The average molecular weight is 282 g/mol. The number of fused-ring (bicyclic) bond motifs is 1. The molecule has 0 fully saturated rings. The Bertz CT molecular complexity index is 337. The summed E-state index contributed by atoms with van der Waals surface area (Å²) < 4.78 is 0.150. The van der Waals surface area contributed by atoms with Gasteiger partial charge in [-0.1, -0.05) is 71.2 Å². The molecule has 1 aliphatic carbocycles. The molecule has 0 amide bonds. The van der Waals surface area contributed by atoms with Gasteiger partial charge >= 0.3 is 0 Å². The number of hydrogen-bond donors (Lipinski definition) is 0. The van der Waals surface area contributed by atoms with Crippen molar-refractivity contribution in [3.8, 4) is 0 Å². The summed E-state index contributed by atoms with van der Waals surface area (Å²) in [6.45, 7) is 2.20. The van der Waals surface area contributed by atoms with E-state index in [2.05, 4.69) is 78.1 Å². The van der Waals surface area contributed by atoms with Gasteiger partial charge in [0.05, 0.1) is 3.42 Å². The summed E-state index contributed by atoms with van der Waals surface area (Å²) in [4.78, 5) is 0. The van der Waals surface area contributed by atoms with E-state index in [1.54, 1.807) is 0 Å². The molecule has 0 spiro atoms. The highest BCUT2D eigenvalue weighted by Gasteiger charge is 2.13. The Hall–Kier alpha value is -0.570. The van der Waals surface area contributed by atoms with Gasteiger partial charge in [0, 0.05) is 0 Å².